The summed E-state index contributed by atoms with van der Waals surface area (Å²) in [6.45, 7) is 2.29. The van der Waals surface area contributed by atoms with Gasteiger partial charge < -0.3 is 11.1 Å². The maximum absolute atomic E-state index is 11.4. The third kappa shape index (κ3) is 4.18. The number of hydrogen-bond acceptors (Lipinski definition) is 6. The van der Waals surface area contributed by atoms with E-state index >= 15 is 0 Å². The van der Waals surface area contributed by atoms with Gasteiger partial charge in [-0.15, -0.1) is 0 Å². The Morgan fingerprint density at radius 1 is 1.47 bits per heavy atom. The summed E-state index contributed by atoms with van der Waals surface area (Å²) in [7, 11) is -3.47. The van der Waals surface area contributed by atoms with Gasteiger partial charge >= 0.3 is 0 Å². The summed E-state index contributed by atoms with van der Waals surface area (Å²) in [5, 5.41) is 13.8. The largest absolute Gasteiger partial charge is 0.378 e. The molecule has 3 N–H and O–H groups in total. The van der Waals surface area contributed by atoms with Gasteiger partial charge in [0.2, 0.25) is 0 Å². The quantitative estimate of drug-likeness (QED) is 0.599. The molecule has 1 aromatic rings. The number of nitrogens with one attached hydrogen (secondary N) is 1. The molecule has 0 fully saturated rings. The van der Waals surface area contributed by atoms with Crippen molar-refractivity contribution in [2.75, 3.05) is 18.1 Å². The predicted octanol–water partition coefficient (Wildman–Crippen LogP) is 1.15. The summed E-state index contributed by atoms with van der Waals surface area (Å²) in [5.41, 5.74) is 5.71. The van der Waals surface area contributed by atoms with Crippen LogP contribution in [0.25, 0.3) is 0 Å². The van der Waals surface area contributed by atoms with Gasteiger partial charge in [-0.05, 0) is 18.6 Å². The lowest BCUT2D eigenvalue weighted by Crippen LogP contribution is -2.28. The Bertz CT molecular complexity index is 571. The van der Waals surface area contributed by atoms with Gasteiger partial charge in [0.1, 0.15) is 5.69 Å². The van der Waals surface area contributed by atoms with Crippen LogP contribution in [0.1, 0.15) is 13.3 Å². The van der Waals surface area contributed by atoms with Gasteiger partial charge in [-0.25, -0.2) is 8.42 Å². The van der Waals surface area contributed by atoms with E-state index in [4.69, 9.17) is 5.73 Å². The first-order valence-corrected chi connectivity index (χ1v) is 7.62. The Morgan fingerprint density at radius 2 is 2.11 bits per heavy atom. The molecule has 1 rings (SSSR count). The van der Waals surface area contributed by atoms with Crippen molar-refractivity contribution in [2.45, 2.75) is 24.3 Å². The number of nitrogens with two attached hydrogens (primary N) is 1. The Morgan fingerprint density at radius 3 is 2.58 bits per heavy atom. The molecule has 0 aliphatic rings. The van der Waals surface area contributed by atoms with Crippen LogP contribution < -0.4 is 11.1 Å². The number of hydrogen-bond donors (Lipinski definition) is 2. The average Bonchev–Trinajstić information content (AvgIpc) is 2.34. The number of sulfone groups is 1. The van der Waals surface area contributed by atoms with Gasteiger partial charge in [-0.3, -0.25) is 10.1 Å². The first-order chi connectivity index (χ1) is 8.75. The van der Waals surface area contributed by atoms with Crippen LogP contribution in [-0.2, 0) is 9.84 Å². The minimum absolute atomic E-state index is 0.0791. The molecule has 1 unspecified atom stereocenters. The zero-order valence-corrected chi connectivity index (χ0v) is 11.6. The molecule has 0 radical (unpaired) electrons. The lowest BCUT2D eigenvalue weighted by molar-refractivity contribution is -0.384. The zero-order valence-electron chi connectivity index (χ0n) is 10.8. The molecule has 7 nitrogen and oxygen atoms in total. The van der Waals surface area contributed by atoms with Crippen molar-refractivity contribution in [1.29, 1.82) is 0 Å². The van der Waals surface area contributed by atoms with Crippen molar-refractivity contribution in [2.24, 2.45) is 5.73 Å². The van der Waals surface area contributed by atoms with Crippen molar-refractivity contribution in [3.05, 3.63) is 28.3 Å². The minimum Gasteiger partial charge on any atom is -0.378 e. The first kappa shape index (κ1) is 15.4. The minimum atomic E-state index is -3.47. The normalized spacial score (nSPS) is 13.0. The summed E-state index contributed by atoms with van der Waals surface area (Å²) < 4.78 is 22.7. The SMILES string of the molecule is CCC(N)CNc1ccc(S(C)(=O)=O)cc1[N+](=O)[O-]. The fourth-order valence-corrected chi connectivity index (χ4v) is 2.07. The van der Waals surface area contributed by atoms with E-state index in [1.807, 2.05) is 6.92 Å². The summed E-state index contributed by atoms with van der Waals surface area (Å²) in [6, 6.07) is 3.66. The predicted molar refractivity (Wildman–Crippen MR) is 73.0 cm³/mol. The van der Waals surface area contributed by atoms with Crippen LogP contribution >= 0.6 is 0 Å². The molecule has 0 aromatic heterocycles. The van der Waals surface area contributed by atoms with Crippen LogP contribution in [-0.4, -0.2) is 32.2 Å². The fraction of sp³-hybridized carbons (Fsp3) is 0.455. The molecule has 106 valence electrons. The van der Waals surface area contributed by atoms with Gasteiger partial charge in [0, 0.05) is 24.9 Å². The van der Waals surface area contributed by atoms with Gasteiger partial charge in [-0.2, -0.15) is 0 Å². The highest BCUT2D eigenvalue weighted by Crippen LogP contribution is 2.27. The molecule has 0 aliphatic carbocycles. The molecular weight excluding hydrogens is 270 g/mol. The average molecular weight is 287 g/mol. The highest BCUT2D eigenvalue weighted by Gasteiger charge is 2.18. The molecule has 8 heteroatoms. The van der Waals surface area contributed by atoms with E-state index in [2.05, 4.69) is 5.32 Å². The lowest BCUT2D eigenvalue weighted by Gasteiger charge is -2.12. The van der Waals surface area contributed by atoms with Gasteiger partial charge in [0.15, 0.2) is 9.84 Å². The summed E-state index contributed by atoms with van der Waals surface area (Å²) in [4.78, 5) is 10.3. The molecule has 0 bridgehead atoms. The van der Waals surface area contributed by atoms with E-state index in [-0.39, 0.29) is 22.3 Å². The maximum Gasteiger partial charge on any atom is 0.293 e. The first-order valence-electron chi connectivity index (χ1n) is 5.73. The van der Waals surface area contributed by atoms with Gasteiger partial charge in [-0.1, -0.05) is 6.92 Å². The second-order valence-electron chi connectivity index (χ2n) is 4.26. The molecule has 0 heterocycles. The highest BCUT2D eigenvalue weighted by molar-refractivity contribution is 7.90. The molecule has 1 aromatic carbocycles. The maximum atomic E-state index is 11.4. The van der Waals surface area contributed by atoms with Crippen molar-refractivity contribution >= 4 is 21.2 Å². The van der Waals surface area contributed by atoms with Crippen LogP contribution in [0, 0.1) is 10.1 Å². The van der Waals surface area contributed by atoms with E-state index in [0.717, 1.165) is 18.7 Å². The number of anilines is 1. The Balaban J connectivity index is 3.09. The molecule has 19 heavy (non-hydrogen) atoms. The molecule has 0 spiro atoms. The number of rotatable bonds is 6. The lowest BCUT2D eigenvalue weighted by atomic mass is 10.2. The third-order valence-electron chi connectivity index (χ3n) is 2.67. The van der Waals surface area contributed by atoms with Crippen LogP contribution in [0.5, 0.6) is 0 Å². The van der Waals surface area contributed by atoms with Crippen molar-refractivity contribution in [3.8, 4) is 0 Å². The van der Waals surface area contributed by atoms with E-state index in [1.165, 1.54) is 12.1 Å². The van der Waals surface area contributed by atoms with Crippen molar-refractivity contribution in [1.82, 2.24) is 0 Å². The second-order valence-corrected chi connectivity index (χ2v) is 6.27. The van der Waals surface area contributed by atoms with E-state index in [0.29, 0.717) is 6.54 Å². The highest BCUT2D eigenvalue weighted by atomic mass is 32.2. The van der Waals surface area contributed by atoms with Crippen LogP contribution in [0.2, 0.25) is 0 Å². The van der Waals surface area contributed by atoms with Gasteiger partial charge in [0.05, 0.1) is 9.82 Å². The van der Waals surface area contributed by atoms with E-state index in [9.17, 15) is 18.5 Å². The number of benzene rings is 1. The van der Waals surface area contributed by atoms with Crippen molar-refractivity contribution < 1.29 is 13.3 Å². The van der Waals surface area contributed by atoms with Crippen LogP contribution in [0.4, 0.5) is 11.4 Å². The summed E-state index contributed by atoms with van der Waals surface area (Å²) in [6.07, 6.45) is 1.74. The van der Waals surface area contributed by atoms with Gasteiger partial charge in [0.25, 0.3) is 5.69 Å². The van der Waals surface area contributed by atoms with Crippen molar-refractivity contribution in [3.63, 3.8) is 0 Å². The van der Waals surface area contributed by atoms with E-state index in [1.54, 1.807) is 0 Å². The summed E-state index contributed by atoms with van der Waals surface area (Å²) >= 11 is 0. The monoisotopic (exact) mass is 287 g/mol. The zero-order chi connectivity index (χ0) is 14.6. The Hall–Kier alpha value is -1.67. The fourth-order valence-electron chi connectivity index (χ4n) is 1.43. The topological polar surface area (TPSA) is 115 Å². The molecule has 0 saturated heterocycles. The van der Waals surface area contributed by atoms with Crippen LogP contribution in [0.15, 0.2) is 23.1 Å². The Labute approximate surface area is 111 Å². The molecule has 0 aliphatic heterocycles. The second kappa shape index (κ2) is 5.98. The number of nitro groups is 1. The number of nitrogens with zero attached hydrogens (tertiary/aromatic N) is 1. The Kier molecular flexibility index (Phi) is 4.84. The number of nitro benzene ring substituents is 1. The summed E-state index contributed by atoms with van der Waals surface area (Å²) in [5.74, 6) is 0. The standard InChI is InChI=1S/C11H17N3O4S/c1-3-8(12)7-13-10-5-4-9(19(2,17)18)6-11(10)14(15)16/h4-6,8,13H,3,7,12H2,1-2H3. The molecular formula is C11H17N3O4S. The van der Waals surface area contributed by atoms with E-state index < -0.39 is 14.8 Å². The molecule has 0 saturated carbocycles. The molecule has 0 amide bonds. The smallest absolute Gasteiger partial charge is 0.293 e. The van der Waals surface area contributed by atoms with Crippen LogP contribution in [0.3, 0.4) is 0 Å². The third-order valence-corrected chi connectivity index (χ3v) is 3.78. The molecule has 1 atom stereocenters.